The van der Waals surface area contributed by atoms with Crippen molar-refractivity contribution in [2.45, 2.75) is 75.9 Å². The van der Waals surface area contributed by atoms with E-state index in [0.29, 0.717) is 18.7 Å². The Morgan fingerprint density at radius 2 is 1.92 bits per heavy atom. The van der Waals surface area contributed by atoms with Gasteiger partial charge in [-0.05, 0) is 62.8 Å². The minimum Gasteiger partial charge on any atom is -0.490 e. The van der Waals surface area contributed by atoms with Gasteiger partial charge in [-0.2, -0.15) is 0 Å². The molecule has 1 atom stereocenters. The minimum absolute atomic E-state index is 0.0660. The summed E-state index contributed by atoms with van der Waals surface area (Å²) in [5.74, 6) is -0.0589. The Morgan fingerprint density at radius 1 is 1.16 bits per heavy atom. The third kappa shape index (κ3) is 5.15. The highest BCUT2D eigenvalue weighted by molar-refractivity contribution is 6.07. The van der Waals surface area contributed by atoms with Crippen LogP contribution in [0, 0.1) is 0 Å². The third-order valence-corrected chi connectivity index (χ3v) is 8.02. The van der Waals surface area contributed by atoms with Gasteiger partial charge in [-0.1, -0.05) is 37.1 Å². The summed E-state index contributed by atoms with van der Waals surface area (Å²) in [6.07, 6.45) is 6.30. The first kappa shape index (κ1) is 26.3. The van der Waals surface area contributed by atoms with Crippen LogP contribution in [0.25, 0.3) is 10.9 Å². The molecule has 5 rings (SSSR count). The maximum atomic E-state index is 12.8. The molecule has 1 aromatic heterocycles. The van der Waals surface area contributed by atoms with Gasteiger partial charge in [0.1, 0.15) is 18.5 Å². The maximum Gasteiger partial charge on any atom is 0.303 e. The van der Waals surface area contributed by atoms with Crippen molar-refractivity contribution < 1.29 is 24.5 Å². The smallest absolute Gasteiger partial charge is 0.303 e. The molecule has 1 aliphatic carbocycles. The minimum atomic E-state index is -0.804. The second kappa shape index (κ2) is 10.4. The summed E-state index contributed by atoms with van der Waals surface area (Å²) in [4.78, 5) is 27.1. The number of hydrogen-bond acceptors (Lipinski definition) is 5. The van der Waals surface area contributed by atoms with E-state index in [0.717, 1.165) is 65.4 Å². The van der Waals surface area contributed by atoms with Crippen molar-refractivity contribution in [3.63, 3.8) is 0 Å². The van der Waals surface area contributed by atoms with Crippen LogP contribution in [0.3, 0.4) is 0 Å². The molecule has 38 heavy (non-hydrogen) atoms. The normalized spacial score (nSPS) is 17.1. The summed E-state index contributed by atoms with van der Waals surface area (Å²) in [6.45, 7) is 4.68. The highest BCUT2D eigenvalue weighted by atomic mass is 16.5. The van der Waals surface area contributed by atoms with Crippen molar-refractivity contribution in [1.29, 1.82) is 0 Å². The molecule has 0 radical (unpaired) electrons. The van der Waals surface area contributed by atoms with Crippen molar-refractivity contribution in [2.24, 2.45) is 0 Å². The van der Waals surface area contributed by atoms with Crippen molar-refractivity contribution in [2.75, 3.05) is 18.5 Å². The van der Waals surface area contributed by atoms with E-state index >= 15 is 0 Å². The topological polar surface area (TPSA) is 124 Å². The molecule has 1 spiro atoms. The van der Waals surface area contributed by atoms with Gasteiger partial charge in [-0.25, -0.2) is 0 Å². The molecule has 1 saturated carbocycles. The molecule has 1 fully saturated rings. The van der Waals surface area contributed by atoms with E-state index in [9.17, 15) is 14.7 Å². The van der Waals surface area contributed by atoms with Crippen LogP contribution in [0.5, 0.6) is 5.75 Å². The van der Waals surface area contributed by atoms with Crippen LogP contribution in [-0.2, 0) is 27.8 Å². The number of fused-ring (bicyclic) bond motifs is 3. The van der Waals surface area contributed by atoms with E-state index in [1.807, 2.05) is 36.5 Å². The molecule has 8 nitrogen and oxygen atoms in total. The van der Waals surface area contributed by atoms with Gasteiger partial charge in [0.15, 0.2) is 0 Å². The number of carbonyl (C=O) groups excluding carboxylic acids is 1. The summed E-state index contributed by atoms with van der Waals surface area (Å²) in [5, 5.41) is 27.4. The van der Waals surface area contributed by atoms with Gasteiger partial charge in [0, 0.05) is 46.9 Å². The first-order valence-corrected chi connectivity index (χ1v) is 13.5. The lowest BCUT2D eigenvalue weighted by atomic mass is 9.79. The molecule has 0 bridgehead atoms. The van der Waals surface area contributed by atoms with E-state index in [1.54, 1.807) is 0 Å². The first-order chi connectivity index (χ1) is 18.2. The molecule has 1 aliphatic heterocycles. The van der Waals surface area contributed by atoms with Crippen LogP contribution in [0.1, 0.15) is 62.6 Å². The van der Waals surface area contributed by atoms with Crippen LogP contribution in [0.4, 0.5) is 5.69 Å². The van der Waals surface area contributed by atoms with Gasteiger partial charge in [0.25, 0.3) is 0 Å². The number of benzene rings is 2. The zero-order valence-electron chi connectivity index (χ0n) is 22.1. The Balaban J connectivity index is 1.19. The van der Waals surface area contributed by atoms with Crippen molar-refractivity contribution in [3.8, 4) is 5.75 Å². The lowest BCUT2D eigenvalue weighted by molar-refractivity contribution is -0.137. The fraction of sp³-hybridized carbons (Fsp3) is 0.467. The average Bonchev–Trinajstić information content (AvgIpc) is 3.60. The van der Waals surface area contributed by atoms with E-state index in [1.165, 1.54) is 0 Å². The van der Waals surface area contributed by atoms with Crippen molar-refractivity contribution in [1.82, 2.24) is 10.3 Å². The Hall–Kier alpha value is -3.36. The number of rotatable bonds is 11. The van der Waals surface area contributed by atoms with Crippen LogP contribution >= 0.6 is 0 Å². The quantitative estimate of drug-likeness (QED) is 0.257. The zero-order valence-corrected chi connectivity index (χ0v) is 22.1. The monoisotopic (exact) mass is 519 g/mol. The number of carboxylic acids is 1. The molecule has 2 aliphatic rings. The largest absolute Gasteiger partial charge is 0.490 e. The van der Waals surface area contributed by atoms with E-state index in [-0.39, 0.29) is 24.5 Å². The SMILES string of the molecule is CC(C)(Cc1c[nH]c2c(CCC(=O)O)cccc12)NC[C@H](O)COc1cccc2c1C1(CCCC1)C(=O)N2. The van der Waals surface area contributed by atoms with Gasteiger partial charge in [-0.3, -0.25) is 9.59 Å². The summed E-state index contributed by atoms with van der Waals surface area (Å²) >= 11 is 0. The number of para-hydroxylation sites is 1. The summed E-state index contributed by atoms with van der Waals surface area (Å²) in [7, 11) is 0. The summed E-state index contributed by atoms with van der Waals surface area (Å²) < 4.78 is 6.10. The molecule has 0 unspecified atom stereocenters. The number of H-pyrrole nitrogens is 1. The number of carbonyl (C=O) groups is 2. The number of anilines is 1. The fourth-order valence-corrected chi connectivity index (χ4v) is 6.11. The Morgan fingerprint density at radius 3 is 2.68 bits per heavy atom. The molecule has 0 saturated heterocycles. The number of β-amino-alcohol motifs (C(OH)–C–C–N with tert-alkyl or cyclic N) is 1. The van der Waals surface area contributed by atoms with Crippen LogP contribution in [-0.4, -0.2) is 51.9 Å². The molecule has 2 aromatic carbocycles. The molecule has 3 aromatic rings. The predicted octanol–water partition coefficient (Wildman–Crippen LogP) is 4.30. The van der Waals surface area contributed by atoms with Gasteiger partial charge < -0.3 is 30.6 Å². The fourth-order valence-electron chi connectivity index (χ4n) is 6.11. The summed E-state index contributed by atoms with van der Waals surface area (Å²) in [6, 6.07) is 11.7. The highest BCUT2D eigenvalue weighted by Gasteiger charge is 2.50. The Labute approximate surface area is 222 Å². The van der Waals surface area contributed by atoms with E-state index < -0.39 is 17.5 Å². The third-order valence-electron chi connectivity index (χ3n) is 8.02. The number of aliphatic hydroxyl groups is 1. The highest BCUT2D eigenvalue weighted by Crippen LogP contribution is 2.52. The lowest BCUT2D eigenvalue weighted by Crippen LogP contribution is -2.46. The second-order valence-electron chi connectivity index (χ2n) is 11.4. The van der Waals surface area contributed by atoms with Crippen LogP contribution < -0.4 is 15.4 Å². The van der Waals surface area contributed by atoms with E-state index in [2.05, 4.69) is 35.5 Å². The number of aromatic amines is 1. The van der Waals surface area contributed by atoms with Crippen molar-refractivity contribution >= 4 is 28.5 Å². The number of ether oxygens (including phenoxy) is 1. The number of amides is 1. The van der Waals surface area contributed by atoms with Gasteiger partial charge in [-0.15, -0.1) is 0 Å². The van der Waals surface area contributed by atoms with Crippen molar-refractivity contribution in [3.05, 3.63) is 59.3 Å². The van der Waals surface area contributed by atoms with Gasteiger partial charge in [0.05, 0.1) is 5.41 Å². The molecular formula is C30H37N3O5. The number of aryl methyl sites for hydroxylation is 1. The van der Waals surface area contributed by atoms with Crippen LogP contribution in [0.2, 0.25) is 0 Å². The van der Waals surface area contributed by atoms with Gasteiger partial charge >= 0.3 is 5.97 Å². The second-order valence-corrected chi connectivity index (χ2v) is 11.4. The van der Waals surface area contributed by atoms with Crippen LogP contribution in [0.15, 0.2) is 42.6 Å². The molecule has 202 valence electrons. The number of carboxylic acid groups (broad SMARTS) is 1. The number of aliphatic hydroxyl groups excluding tert-OH is 1. The molecule has 8 heteroatoms. The lowest BCUT2D eigenvalue weighted by Gasteiger charge is -2.28. The molecule has 2 heterocycles. The summed E-state index contributed by atoms with van der Waals surface area (Å²) in [5.41, 5.74) is 4.10. The van der Waals surface area contributed by atoms with Gasteiger partial charge in [0.2, 0.25) is 5.91 Å². The molecular weight excluding hydrogens is 482 g/mol. The molecule has 1 amide bonds. The Kier molecular flexibility index (Phi) is 7.20. The van der Waals surface area contributed by atoms with E-state index in [4.69, 9.17) is 9.84 Å². The number of nitrogens with one attached hydrogen (secondary N) is 3. The predicted molar refractivity (Wildman–Crippen MR) is 147 cm³/mol. The first-order valence-electron chi connectivity index (χ1n) is 13.5. The number of aliphatic carboxylic acids is 1. The average molecular weight is 520 g/mol. The maximum absolute atomic E-state index is 12.8. The Bertz CT molecular complexity index is 1340. The number of aromatic nitrogens is 1. The standard InChI is InChI=1S/C30H37N3O5/c1-29(2,15-20-16-31-27-19(11-12-25(35)36)7-5-8-22(20)27)32-17-21(34)18-38-24-10-6-9-23-26(24)30(28(37)33-23)13-3-4-14-30/h5-10,16,21,31-32,34H,3-4,11-15,17-18H2,1-2H3,(H,33,37)(H,35,36)/t21-/m0/s1. The number of hydrogen-bond donors (Lipinski definition) is 5. The zero-order chi connectivity index (χ0) is 26.9. The molecule has 5 N–H and O–H groups in total.